The molecule has 5 amide bonds. The summed E-state index contributed by atoms with van der Waals surface area (Å²) >= 11 is 0. The van der Waals surface area contributed by atoms with Gasteiger partial charge < -0.3 is 42.0 Å². The van der Waals surface area contributed by atoms with E-state index in [9.17, 15) is 24.0 Å². The van der Waals surface area contributed by atoms with E-state index in [0.29, 0.717) is 25.8 Å². The van der Waals surface area contributed by atoms with Crippen LogP contribution in [0.25, 0.3) is 10.9 Å². The Kier molecular flexibility index (Phi) is 12.7. The number of aromatic nitrogens is 1. The molecule has 47 heavy (non-hydrogen) atoms. The van der Waals surface area contributed by atoms with Gasteiger partial charge in [0.2, 0.25) is 17.7 Å². The first-order valence-electron chi connectivity index (χ1n) is 16.1. The number of benzene rings is 2. The Balaban J connectivity index is 1.53. The van der Waals surface area contributed by atoms with Gasteiger partial charge in [-0.3, -0.25) is 14.4 Å². The molecule has 1 aliphatic heterocycles. The molecule has 2 heterocycles. The lowest BCUT2D eigenvalue weighted by atomic mass is 9.97. The number of primary amides is 1. The Bertz CT molecular complexity index is 1530. The number of para-hydroxylation sites is 1. The van der Waals surface area contributed by atoms with Crippen LogP contribution in [-0.4, -0.2) is 83.5 Å². The van der Waals surface area contributed by atoms with Crippen LogP contribution in [0.15, 0.2) is 60.8 Å². The molecule has 2 aromatic carbocycles. The zero-order valence-electron chi connectivity index (χ0n) is 26.7. The van der Waals surface area contributed by atoms with Crippen LogP contribution >= 0.6 is 0 Å². The number of H-pyrrole nitrogens is 1. The number of esters is 1. The molecule has 0 saturated carbocycles. The van der Waals surface area contributed by atoms with Crippen molar-refractivity contribution < 1.29 is 28.7 Å². The van der Waals surface area contributed by atoms with E-state index in [1.54, 1.807) is 13.1 Å². The zero-order chi connectivity index (χ0) is 33.8. The number of nitrogens with zero attached hydrogens (tertiary/aromatic N) is 1. The fourth-order valence-electron chi connectivity index (χ4n) is 5.92. The monoisotopic (exact) mass is 647 g/mol. The Morgan fingerprint density at radius 3 is 2.47 bits per heavy atom. The Morgan fingerprint density at radius 2 is 1.72 bits per heavy atom. The van der Waals surface area contributed by atoms with Crippen molar-refractivity contribution in [1.82, 2.24) is 25.8 Å². The lowest BCUT2D eigenvalue weighted by Gasteiger charge is -2.37. The number of aromatic amines is 1. The van der Waals surface area contributed by atoms with E-state index >= 15 is 0 Å². The van der Waals surface area contributed by atoms with Crippen LogP contribution in [0.3, 0.4) is 0 Å². The molecule has 1 saturated heterocycles. The number of nitrogens with one attached hydrogen (secondary N) is 4. The van der Waals surface area contributed by atoms with E-state index in [1.807, 2.05) is 54.6 Å². The molecular weight excluding hydrogens is 602 g/mol. The summed E-state index contributed by atoms with van der Waals surface area (Å²) in [7, 11) is 0. The molecular formula is C34H45N7O6. The lowest BCUT2D eigenvalue weighted by Crippen LogP contribution is -2.60. The molecule has 4 atom stereocenters. The van der Waals surface area contributed by atoms with Crippen LogP contribution in [0.4, 0.5) is 4.79 Å². The van der Waals surface area contributed by atoms with Gasteiger partial charge >= 0.3 is 12.0 Å². The minimum atomic E-state index is -1.08. The molecule has 0 aliphatic carbocycles. The van der Waals surface area contributed by atoms with Gasteiger partial charge in [0, 0.05) is 36.6 Å². The molecule has 252 valence electrons. The van der Waals surface area contributed by atoms with Gasteiger partial charge in [0.1, 0.15) is 18.1 Å². The second-order valence-electron chi connectivity index (χ2n) is 11.7. The number of rotatable bonds is 15. The molecule has 3 aromatic rings. The molecule has 8 N–H and O–H groups in total. The normalized spacial score (nSPS) is 16.5. The second kappa shape index (κ2) is 17.1. The molecule has 1 aliphatic rings. The molecule has 13 nitrogen and oxygen atoms in total. The van der Waals surface area contributed by atoms with Crippen LogP contribution in [0.5, 0.6) is 0 Å². The predicted molar refractivity (Wildman–Crippen MR) is 177 cm³/mol. The van der Waals surface area contributed by atoms with Gasteiger partial charge in [-0.05, 0) is 62.6 Å². The largest absolute Gasteiger partial charge is 0.464 e. The molecule has 1 fully saturated rings. The SMILES string of the molecule is CCOC(=O)[C@H](CCCNC(N)=O)NC(=O)[C@H](Cc1c[nH]c2ccccc12)NC(=O)[C@@H]1CCCCN1C(=O)[C@@H](N)Cc1ccccc1. The topological polar surface area (TPSA) is 202 Å². The van der Waals surface area contributed by atoms with Gasteiger partial charge in [0.05, 0.1) is 12.6 Å². The van der Waals surface area contributed by atoms with Crippen molar-refractivity contribution in [2.75, 3.05) is 19.7 Å². The molecule has 0 spiro atoms. The van der Waals surface area contributed by atoms with E-state index in [1.165, 1.54) is 4.90 Å². The van der Waals surface area contributed by atoms with E-state index in [-0.39, 0.29) is 31.9 Å². The summed E-state index contributed by atoms with van der Waals surface area (Å²) in [4.78, 5) is 70.0. The van der Waals surface area contributed by atoms with Crippen LogP contribution < -0.4 is 27.4 Å². The average Bonchev–Trinajstić information content (AvgIpc) is 3.48. The summed E-state index contributed by atoms with van der Waals surface area (Å²) < 4.78 is 5.19. The van der Waals surface area contributed by atoms with Crippen molar-refractivity contribution in [3.63, 3.8) is 0 Å². The van der Waals surface area contributed by atoms with Crippen molar-refractivity contribution in [2.45, 2.75) is 76.0 Å². The van der Waals surface area contributed by atoms with Crippen molar-refractivity contribution in [3.05, 3.63) is 71.9 Å². The van der Waals surface area contributed by atoms with Gasteiger partial charge in [0.15, 0.2) is 0 Å². The molecule has 13 heteroatoms. The summed E-state index contributed by atoms with van der Waals surface area (Å²) in [5, 5.41) is 9.00. The van der Waals surface area contributed by atoms with Crippen LogP contribution in [0.1, 0.15) is 50.2 Å². The number of hydrogen-bond donors (Lipinski definition) is 6. The Morgan fingerprint density at radius 1 is 0.979 bits per heavy atom. The summed E-state index contributed by atoms with van der Waals surface area (Å²) in [5.74, 6) is -2.01. The zero-order valence-corrected chi connectivity index (χ0v) is 26.7. The standard InChI is InChI=1S/C34H45N7O6/c1-2-47-33(45)27(15-10-17-37-34(36)46)39-30(42)28(20-23-21-38-26-14-7-6-13-24(23)26)40-31(43)29-16-8-9-18-41(29)32(44)25(35)19-22-11-4-3-5-12-22/h3-7,11-14,21,25,27-29,38H,2,8-10,15-20,35H2,1H3,(H,39,42)(H,40,43)(H3,36,37,46)/t25-,27-,28-,29-/m0/s1. The first-order chi connectivity index (χ1) is 22.7. The fourth-order valence-corrected chi connectivity index (χ4v) is 5.92. The number of carbonyl (C=O) groups is 5. The number of ether oxygens (including phenoxy) is 1. The number of likely N-dealkylation sites (tertiary alicyclic amines) is 1. The van der Waals surface area contributed by atoms with Crippen molar-refractivity contribution in [1.29, 1.82) is 0 Å². The number of nitrogens with two attached hydrogens (primary N) is 2. The predicted octanol–water partition coefficient (Wildman–Crippen LogP) is 1.64. The average molecular weight is 648 g/mol. The number of carbonyl (C=O) groups excluding carboxylic acids is 5. The molecule has 0 unspecified atom stereocenters. The Labute approximate surface area is 274 Å². The number of fused-ring (bicyclic) bond motifs is 1. The third-order valence-corrected chi connectivity index (χ3v) is 8.29. The number of piperidine rings is 1. The number of hydrogen-bond acceptors (Lipinski definition) is 7. The summed E-state index contributed by atoms with van der Waals surface area (Å²) in [5.41, 5.74) is 14.1. The van der Waals surface area contributed by atoms with Crippen molar-refractivity contribution in [3.8, 4) is 0 Å². The van der Waals surface area contributed by atoms with Crippen molar-refractivity contribution >= 4 is 40.6 Å². The molecule has 1 aromatic heterocycles. The maximum Gasteiger partial charge on any atom is 0.328 e. The van der Waals surface area contributed by atoms with E-state index in [2.05, 4.69) is 20.9 Å². The highest BCUT2D eigenvalue weighted by molar-refractivity contribution is 5.95. The summed E-state index contributed by atoms with van der Waals surface area (Å²) in [6.45, 7) is 2.35. The van der Waals surface area contributed by atoms with Gasteiger partial charge in [-0.25, -0.2) is 9.59 Å². The summed E-state index contributed by atoms with van der Waals surface area (Å²) in [6.07, 6.45) is 4.65. The maximum atomic E-state index is 13.9. The molecule has 4 rings (SSSR count). The Hall–Kier alpha value is -4.91. The number of urea groups is 1. The second-order valence-corrected chi connectivity index (χ2v) is 11.7. The first kappa shape index (κ1) is 35.0. The van der Waals surface area contributed by atoms with Crippen molar-refractivity contribution in [2.24, 2.45) is 11.5 Å². The first-order valence-corrected chi connectivity index (χ1v) is 16.1. The van der Waals surface area contributed by atoms with Crippen LogP contribution in [-0.2, 0) is 36.8 Å². The minimum absolute atomic E-state index is 0.109. The smallest absolute Gasteiger partial charge is 0.328 e. The fraction of sp³-hybridized carbons (Fsp3) is 0.441. The van der Waals surface area contributed by atoms with Gasteiger partial charge in [-0.15, -0.1) is 0 Å². The quantitative estimate of drug-likeness (QED) is 0.106. The summed E-state index contributed by atoms with van der Waals surface area (Å²) in [6, 6.07) is 12.6. The van der Waals surface area contributed by atoms with Crippen LogP contribution in [0, 0.1) is 0 Å². The third kappa shape index (κ3) is 9.79. The molecule has 0 bridgehead atoms. The minimum Gasteiger partial charge on any atom is -0.464 e. The van der Waals surface area contributed by atoms with E-state index in [0.717, 1.165) is 34.9 Å². The maximum absolute atomic E-state index is 13.9. The highest BCUT2D eigenvalue weighted by Gasteiger charge is 2.37. The van der Waals surface area contributed by atoms with Crippen LogP contribution in [0.2, 0.25) is 0 Å². The number of amides is 5. The molecule has 0 radical (unpaired) electrons. The van der Waals surface area contributed by atoms with Gasteiger partial charge in [-0.1, -0.05) is 48.5 Å². The highest BCUT2D eigenvalue weighted by Crippen LogP contribution is 2.22. The van der Waals surface area contributed by atoms with E-state index < -0.39 is 48.0 Å². The van der Waals surface area contributed by atoms with Gasteiger partial charge in [0.25, 0.3) is 0 Å². The van der Waals surface area contributed by atoms with Gasteiger partial charge in [-0.2, -0.15) is 0 Å². The highest BCUT2D eigenvalue weighted by atomic mass is 16.5. The third-order valence-electron chi connectivity index (χ3n) is 8.29. The van der Waals surface area contributed by atoms with E-state index in [4.69, 9.17) is 16.2 Å². The lowest BCUT2D eigenvalue weighted by molar-refractivity contribution is -0.148.